The number of amides is 1. The second-order valence-corrected chi connectivity index (χ2v) is 5.13. The zero-order valence-corrected chi connectivity index (χ0v) is 12.4. The molecule has 1 amide bonds. The molecule has 3 nitrogen and oxygen atoms in total. The van der Waals surface area contributed by atoms with E-state index in [1.807, 2.05) is 6.92 Å². The lowest BCUT2D eigenvalue weighted by Gasteiger charge is -2.25. The van der Waals surface area contributed by atoms with Crippen LogP contribution in [0.15, 0.2) is 22.7 Å². The van der Waals surface area contributed by atoms with Crippen LogP contribution in [0.25, 0.3) is 0 Å². The smallest absolute Gasteiger partial charge is 0.256 e. The van der Waals surface area contributed by atoms with Crippen molar-refractivity contribution in [3.05, 3.63) is 27.7 Å². The van der Waals surface area contributed by atoms with Crippen molar-refractivity contribution in [3.63, 3.8) is 0 Å². The Morgan fingerprint density at radius 3 is 2.71 bits per heavy atom. The summed E-state index contributed by atoms with van der Waals surface area (Å²) in [7, 11) is 1.53. The lowest BCUT2D eigenvalue weighted by molar-refractivity contribution is -0.136. The van der Waals surface area contributed by atoms with E-state index in [-0.39, 0.29) is 5.91 Å². The Kier molecular flexibility index (Phi) is 4.98. The lowest BCUT2D eigenvalue weighted by Crippen LogP contribution is -2.41. The van der Waals surface area contributed by atoms with Crippen LogP contribution < -0.4 is 5.32 Å². The second-order valence-electron chi connectivity index (χ2n) is 3.87. The Morgan fingerprint density at radius 2 is 2.24 bits per heavy atom. The van der Waals surface area contributed by atoms with Crippen molar-refractivity contribution in [1.82, 2.24) is 0 Å². The van der Waals surface area contributed by atoms with Gasteiger partial charge in [0, 0.05) is 17.3 Å². The highest BCUT2D eigenvalue weighted by Crippen LogP contribution is 2.26. The molecular weight excluding hydrogens is 305 g/mol. The predicted octanol–water partition coefficient (Wildman–Crippen LogP) is 3.86. The van der Waals surface area contributed by atoms with Crippen molar-refractivity contribution in [1.29, 1.82) is 0 Å². The summed E-state index contributed by atoms with van der Waals surface area (Å²) in [6.07, 6.45) is 0.601. The number of rotatable bonds is 4. The predicted molar refractivity (Wildman–Crippen MR) is 73.5 cm³/mol. The average Bonchev–Trinajstić information content (AvgIpc) is 2.32. The molecule has 0 aliphatic carbocycles. The molecule has 5 heteroatoms. The van der Waals surface area contributed by atoms with Gasteiger partial charge in [0.2, 0.25) is 0 Å². The maximum absolute atomic E-state index is 12.0. The van der Waals surface area contributed by atoms with E-state index in [1.54, 1.807) is 25.1 Å². The molecule has 0 bridgehead atoms. The number of anilines is 1. The number of nitrogens with one attached hydrogen (secondary N) is 1. The first kappa shape index (κ1) is 14.5. The third-order valence-corrected chi connectivity index (χ3v) is 4.00. The van der Waals surface area contributed by atoms with E-state index in [0.29, 0.717) is 17.1 Å². The first-order chi connectivity index (χ1) is 7.92. The van der Waals surface area contributed by atoms with Crippen LogP contribution in [0.4, 0.5) is 5.69 Å². The lowest BCUT2D eigenvalue weighted by atomic mass is 10.0. The molecule has 1 atom stereocenters. The van der Waals surface area contributed by atoms with Crippen molar-refractivity contribution < 1.29 is 9.53 Å². The SMILES string of the molecule is CCC(C)(OC)C(=O)Nc1ccc(Cl)c(Br)c1. The number of halogens is 2. The minimum Gasteiger partial charge on any atom is -0.369 e. The van der Waals surface area contributed by atoms with E-state index in [0.717, 1.165) is 4.47 Å². The number of benzene rings is 1. The van der Waals surface area contributed by atoms with Gasteiger partial charge in [-0.25, -0.2) is 0 Å². The number of methoxy groups -OCH3 is 1. The highest BCUT2D eigenvalue weighted by atomic mass is 79.9. The molecule has 0 radical (unpaired) electrons. The summed E-state index contributed by atoms with van der Waals surface area (Å²) in [5.74, 6) is -0.170. The van der Waals surface area contributed by atoms with E-state index >= 15 is 0 Å². The van der Waals surface area contributed by atoms with E-state index in [9.17, 15) is 4.79 Å². The number of carbonyl (C=O) groups is 1. The second kappa shape index (κ2) is 5.85. The van der Waals surface area contributed by atoms with Gasteiger partial charge in [0.25, 0.3) is 5.91 Å². The largest absolute Gasteiger partial charge is 0.369 e. The third kappa shape index (κ3) is 3.44. The van der Waals surface area contributed by atoms with Gasteiger partial charge in [-0.15, -0.1) is 0 Å². The Hall–Kier alpha value is -0.580. The zero-order chi connectivity index (χ0) is 13.1. The molecule has 1 aromatic rings. The van der Waals surface area contributed by atoms with Crippen molar-refractivity contribution in [2.24, 2.45) is 0 Å². The summed E-state index contributed by atoms with van der Waals surface area (Å²) in [5, 5.41) is 3.40. The summed E-state index contributed by atoms with van der Waals surface area (Å²) in [4.78, 5) is 12.0. The molecule has 0 aliphatic heterocycles. The topological polar surface area (TPSA) is 38.3 Å². The molecule has 94 valence electrons. The zero-order valence-electron chi connectivity index (χ0n) is 10.0. The van der Waals surface area contributed by atoms with Crippen molar-refractivity contribution in [2.75, 3.05) is 12.4 Å². The van der Waals surface area contributed by atoms with Gasteiger partial charge in [-0.05, 0) is 47.5 Å². The molecule has 1 unspecified atom stereocenters. The Bertz CT molecular complexity index is 419. The molecular formula is C12H15BrClNO2. The highest BCUT2D eigenvalue weighted by molar-refractivity contribution is 9.10. The molecule has 1 N–H and O–H groups in total. The fraction of sp³-hybridized carbons (Fsp3) is 0.417. The van der Waals surface area contributed by atoms with Crippen LogP contribution >= 0.6 is 27.5 Å². The van der Waals surface area contributed by atoms with Gasteiger partial charge >= 0.3 is 0 Å². The Morgan fingerprint density at radius 1 is 1.59 bits per heavy atom. The summed E-state index contributed by atoms with van der Waals surface area (Å²) in [5.41, 5.74) is -0.130. The van der Waals surface area contributed by atoms with E-state index in [1.165, 1.54) is 7.11 Å². The maximum Gasteiger partial charge on any atom is 0.256 e. The first-order valence-corrected chi connectivity index (χ1v) is 6.41. The molecule has 0 saturated heterocycles. The molecule has 0 fully saturated rings. The van der Waals surface area contributed by atoms with Gasteiger partial charge in [0.15, 0.2) is 0 Å². The summed E-state index contributed by atoms with van der Waals surface area (Å²) >= 11 is 9.18. The monoisotopic (exact) mass is 319 g/mol. The van der Waals surface area contributed by atoms with Gasteiger partial charge in [0.05, 0.1) is 5.02 Å². The van der Waals surface area contributed by atoms with Gasteiger partial charge in [0.1, 0.15) is 5.60 Å². The Labute approximate surface area is 115 Å². The van der Waals surface area contributed by atoms with E-state index in [4.69, 9.17) is 16.3 Å². The standard InChI is InChI=1S/C12H15BrClNO2/c1-4-12(2,17-3)11(16)15-8-5-6-10(14)9(13)7-8/h5-7H,4H2,1-3H3,(H,15,16). The normalized spacial score (nSPS) is 14.2. The number of ether oxygens (including phenoxy) is 1. The van der Waals surface area contributed by atoms with Gasteiger partial charge in [-0.3, -0.25) is 4.79 Å². The minimum absolute atomic E-state index is 0.170. The third-order valence-electron chi connectivity index (χ3n) is 2.78. The average molecular weight is 321 g/mol. The molecule has 17 heavy (non-hydrogen) atoms. The first-order valence-electron chi connectivity index (χ1n) is 5.24. The summed E-state index contributed by atoms with van der Waals surface area (Å²) in [6.45, 7) is 3.66. The molecule has 1 aromatic carbocycles. The Balaban J connectivity index is 2.84. The minimum atomic E-state index is -0.813. The molecule has 0 aromatic heterocycles. The number of hydrogen-bond donors (Lipinski definition) is 1. The molecule has 0 saturated carbocycles. The quantitative estimate of drug-likeness (QED) is 0.915. The maximum atomic E-state index is 12.0. The molecule has 0 spiro atoms. The van der Waals surface area contributed by atoms with E-state index in [2.05, 4.69) is 21.2 Å². The number of carbonyl (C=O) groups excluding carboxylic acids is 1. The van der Waals surface area contributed by atoms with E-state index < -0.39 is 5.60 Å². The molecule has 1 rings (SSSR count). The fourth-order valence-electron chi connectivity index (χ4n) is 1.23. The summed E-state index contributed by atoms with van der Waals surface area (Å²) in [6, 6.07) is 5.22. The van der Waals surface area contributed by atoms with Gasteiger partial charge in [-0.1, -0.05) is 18.5 Å². The number of hydrogen-bond acceptors (Lipinski definition) is 2. The van der Waals surface area contributed by atoms with Crippen molar-refractivity contribution in [2.45, 2.75) is 25.9 Å². The van der Waals surface area contributed by atoms with Crippen molar-refractivity contribution in [3.8, 4) is 0 Å². The summed E-state index contributed by atoms with van der Waals surface area (Å²) < 4.78 is 5.97. The van der Waals surface area contributed by atoms with Crippen molar-refractivity contribution >= 4 is 39.1 Å². The van der Waals surface area contributed by atoms with Crippen LogP contribution in [0.2, 0.25) is 5.02 Å². The van der Waals surface area contributed by atoms with Gasteiger partial charge < -0.3 is 10.1 Å². The van der Waals surface area contributed by atoms with Crippen LogP contribution in [0.1, 0.15) is 20.3 Å². The van der Waals surface area contributed by atoms with Crippen LogP contribution in [0.3, 0.4) is 0 Å². The van der Waals surface area contributed by atoms with Gasteiger partial charge in [-0.2, -0.15) is 0 Å². The molecule has 0 heterocycles. The fourth-order valence-corrected chi connectivity index (χ4v) is 1.73. The van der Waals surface area contributed by atoms with Crippen LogP contribution in [0.5, 0.6) is 0 Å². The molecule has 0 aliphatic rings. The van der Waals surface area contributed by atoms with Crippen LogP contribution in [-0.4, -0.2) is 18.6 Å². The van der Waals surface area contributed by atoms with Crippen LogP contribution in [-0.2, 0) is 9.53 Å². The van der Waals surface area contributed by atoms with Crippen LogP contribution in [0, 0.1) is 0 Å². The highest BCUT2D eigenvalue weighted by Gasteiger charge is 2.30.